The molecule has 0 atom stereocenters. The molecule has 0 radical (unpaired) electrons. The lowest BCUT2D eigenvalue weighted by molar-refractivity contribution is -0.119. The zero-order valence-corrected chi connectivity index (χ0v) is 19.0. The van der Waals surface area contributed by atoms with Crippen LogP contribution in [0.15, 0.2) is 77.2 Å². The molecule has 1 saturated heterocycles. The average Bonchev–Trinajstić information content (AvgIpc) is 3.32. The fourth-order valence-electron chi connectivity index (χ4n) is 3.82. The molecular weight excluding hydrogens is 430 g/mol. The Labute approximate surface area is 188 Å². The second-order valence-corrected chi connectivity index (χ2v) is 10.7. The summed E-state index contributed by atoms with van der Waals surface area (Å²) >= 11 is 1.86. The molecule has 31 heavy (non-hydrogen) atoms. The van der Waals surface area contributed by atoms with E-state index in [2.05, 4.69) is 6.08 Å². The Bertz CT molecular complexity index is 1020. The number of sulfonamides is 1. The van der Waals surface area contributed by atoms with Crippen molar-refractivity contribution in [3.05, 3.63) is 72.3 Å². The summed E-state index contributed by atoms with van der Waals surface area (Å²) in [6, 6.07) is 18.3. The molecule has 6 nitrogen and oxygen atoms in total. The Morgan fingerprint density at radius 2 is 1.58 bits per heavy atom. The van der Waals surface area contributed by atoms with Crippen molar-refractivity contribution in [3.8, 4) is 0 Å². The van der Waals surface area contributed by atoms with Gasteiger partial charge in [0.2, 0.25) is 15.9 Å². The molecule has 0 saturated carbocycles. The van der Waals surface area contributed by atoms with Gasteiger partial charge >= 0.3 is 0 Å². The van der Waals surface area contributed by atoms with Crippen molar-refractivity contribution in [1.29, 1.82) is 0 Å². The van der Waals surface area contributed by atoms with Gasteiger partial charge < -0.3 is 4.90 Å². The summed E-state index contributed by atoms with van der Waals surface area (Å²) in [5.41, 5.74) is 2.18. The number of anilines is 1. The van der Waals surface area contributed by atoms with Gasteiger partial charge in [-0.15, -0.1) is 0 Å². The SMILES string of the molecule is O=C(CN1CCN(S(=O)(=O)c2ccccc2)CC1)N(CC1=CCSC1)c1ccccc1. The van der Waals surface area contributed by atoms with Crippen LogP contribution in [0.1, 0.15) is 0 Å². The van der Waals surface area contributed by atoms with E-state index in [0.717, 1.165) is 17.2 Å². The number of para-hydroxylation sites is 1. The summed E-state index contributed by atoms with van der Waals surface area (Å²) in [4.78, 5) is 17.4. The minimum Gasteiger partial charge on any atom is -0.307 e. The molecule has 4 rings (SSSR count). The first-order valence-electron chi connectivity index (χ1n) is 10.4. The molecule has 0 unspecified atom stereocenters. The number of carbonyl (C=O) groups excluding carboxylic acids is 1. The predicted molar refractivity (Wildman–Crippen MR) is 126 cm³/mol. The highest BCUT2D eigenvalue weighted by atomic mass is 32.2. The normalized spacial score (nSPS) is 18.0. The fraction of sp³-hybridized carbons (Fsp3) is 0.348. The van der Waals surface area contributed by atoms with Gasteiger partial charge in [0.25, 0.3) is 0 Å². The van der Waals surface area contributed by atoms with E-state index in [1.54, 1.807) is 30.3 Å². The van der Waals surface area contributed by atoms with E-state index in [4.69, 9.17) is 0 Å². The van der Waals surface area contributed by atoms with E-state index in [1.165, 1.54) is 9.88 Å². The molecule has 0 bridgehead atoms. The van der Waals surface area contributed by atoms with Gasteiger partial charge in [-0.25, -0.2) is 8.42 Å². The van der Waals surface area contributed by atoms with Crippen LogP contribution in [0.4, 0.5) is 5.69 Å². The Kier molecular flexibility index (Phi) is 7.12. The molecule has 0 spiro atoms. The van der Waals surface area contributed by atoms with E-state index in [1.807, 2.05) is 51.9 Å². The summed E-state index contributed by atoms with van der Waals surface area (Å²) in [5.74, 6) is 2.01. The molecule has 2 aromatic carbocycles. The van der Waals surface area contributed by atoms with Crippen molar-refractivity contribution in [1.82, 2.24) is 9.21 Å². The summed E-state index contributed by atoms with van der Waals surface area (Å²) in [7, 11) is -3.49. The molecule has 2 aromatic rings. The Morgan fingerprint density at radius 3 is 2.19 bits per heavy atom. The van der Waals surface area contributed by atoms with Crippen LogP contribution in [0, 0.1) is 0 Å². The quantitative estimate of drug-likeness (QED) is 0.599. The smallest absolute Gasteiger partial charge is 0.243 e. The maximum Gasteiger partial charge on any atom is 0.243 e. The molecule has 8 heteroatoms. The van der Waals surface area contributed by atoms with E-state index in [9.17, 15) is 13.2 Å². The van der Waals surface area contributed by atoms with Crippen LogP contribution in [0.25, 0.3) is 0 Å². The maximum absolute atomic E-state index is 13.2. The number of thioether (sulfide) groups is 1. The first-order chi connectivity index (χ1) is 15.0. The van der Waals surface area contributed by atoms with Crippen LogP contribution in [0.2, 0.25) is 0 Å². The van der Waals surface area contributed by atoms with Crippen molar-refractivity contribution >= 4 is 33.4 Å². The van der Waals surface area contributed by atoms with Gasteiger partial charge in [0.1, 0.15) is 0 Å². The molecule has 0 aromatic heterocycles. The van der Waals surface area contributed by atoms with Gasteiger partial charge in [-0.2, -0.15) is 16.1 Å². The number of benzene rings is 2. The zero-order valence-electron chi connectivity index (χ0n) is 17.4. The molecule has 1 fully saturated rings. The number of rotatable bonds is 7. The van der Waals surface area contributed by atoms with Crippen molar-refractivity contribution in [2.45, 2.75) is 4.90 Å². The molecule has 2 heterocycles. The van der Waals surface area contributed by atoms with Gasteiger partial charge in [-0.3, -0.25) is 9.69 Å². The third kappa shape index (κ3) is 5.38. The molecule has 0 N–H and O–H groups in total. The number of piperazine rings is 1. The van der Waals surface area contributed by atoms with Gasteiger partial charge in [0.05, 0.1) is 11.4 Å². The Hall–Kier alpha value is -2.13. The second kappa shape index (κ2) is 9.99. The van der Waals surface area contributed by atoms with Crippen LogP contribution in [-0.2, 0) is 14.8 Å². The molecule has 1 amide bonds. The topological polar surface area (TPSA) is 60.9 Å². The second-order valence-electron chi connectivity index (χ2n) is 7.69. The minimum absolute atomic E-state index is 0.0448. The van der Waals surface area contributed by atoms with E-state index < -0.39 is 10.0 Å². The van der Waals surface area contributed by atoms with Crippen molar-refractivity contribution in [2.24, 2.45) is 0 Å². The third-order valence-electron chi connectivity index (χ3n) is 5.58. The molecule has 2 aliphatic rings. The monoisotopic (exact) mass is 457 g/mol. The standard InChI is InChI=1S/C23H27N3O3S2/c27-23(26(17-20-11-16-30-19-20)21-7-3-1-4-8-21)18-24-12-14-25(15-13-24)31(28,29)22-9-5-2-6-10-22/h1-11H,12-19H2. The summed E-state index contributed by atoms with van der Waals surface area (Å²) < 4.78 is 27.2. The van der Waals surface area contributed by atoms with Gasteiger partial charge in [0, 0.05) is 49.9 Å². The van der Waals surface area contributed by atoms with E-state index in [-0.39, 0.29) is 12.5 Å². The Balaban J connectivity index is 1.39. The number of carbonyl (C=O) groups is 1. The molecule has 0 aliphatic carbocycles. The lowest BCUT2D eigenvalue weighted by atomic mass is 10.2. The Morgan fingerprint density at radius 1 is 0.935 bits per heavy atom. The lowest BCUT2D eigenvalue weighted by Gasteiger charge is -2.35. The van der Waals surface area contributed by atoms with Gasteiger partial charge in [0.15, 0.2) is 0 Å². The number of nitrogens with zero attached hydrogens (tertiary/aromatic N) is 3. The van der Waals surface area contributed by atoms with Crippen molar-refractivity contribution < 1.29 is 13.2 Å². The number of hydrogen-bond acceptors (Lipinski definition) is 5. The highest BCUT2D eigenvalue weighted by Gasteiger charge is 2.30. The van der Waals surface area contributed by atoms with Gasteiger partial charge in [-0.05, 0) is 29.8 Å². The van der Waals surface area contributed by atoms with Crippen molar-refractivity contribution in [2.75, 3.05) is 55.7 Å². The largest absolute Gasteiger partial charge is 0.307 e. The van der Waals surface area contributed by atoms with Crippen LogP contribution < -0.4 is 4.90 Å². The molecule has 164 valence electrons. The molecular formula is C23H27N3O3S2. The number of hydrogen-bond donors (Lipinski definition) is 0. The zero-order chi connectivity index (χ0) is 21.7. The first kappa shape index (κ1) is 22.1. The predicted octanol–water partition coefficient (Wildman–Crippen LogP) is 2.70. The van der Waals surface area contributed by atoms with Crippen LogP contribution in [0.5, 0.6) is 0 Å². The van der Waals surface area contributed by atoms with Crippen LogP contribution in [-0.4, -0.2) is 74.3 Å². The van der Waals surface area contributed by atoms with E-state index in [0.29, 0.717) is 37.6 Å². The highest BCUT2D eigenvalue weighted by Crippen LogP contribution is 2.22. The lowest BCUT2D eigenvalue weighted by Crippen LogP contribution is -2.51. The number of amides is 1. The van der Waals surface area contributed by atoms with Gasteiger partial charge in [-0.1, -0.05) is 42.5 Å². The third-order valence-corrected chi connectivity index (χ3v) is 8.47. The maximum atomic E-state index is 13.2. The summed E-state index contributed by atoms with van der Waals surface area (Å²) in [6.45, 7) is 2.75. The minimum atomic E-state index is -3.49. The van der Waals surface area contributed by atoms with Crippen LogP contribution >= 0.6 is 11.8 Å². The summed E-state index contributed by atoms with van der Waals surface area (Å²) in [6.07, 6.45) is 2.21. The van der Waals surface area contributed by atoms with Crippen molar-refractivity contribution in [3.63, 3.8) is 0 Å². The highest BCUT2D eigenvalue weighted by molar-refractivity contribution is 7.99. The fourth-order valence-corrected chi connectivity index (χ4v) is 6.20. The first-order valence-corrected chi connectivity index (χ1v) is 13.0. The van der Waals surface area contributed by atoms with Crippen LogP contribution in [0.3, 0.4) is 0 Å². The summed E-state index contributed by atoms with van der Waals surface area (Å²) in [5, 5.41) is 0. The average molecular weight is 458 g/mol. The molecule has 2 aliphatic heterocycles. The van der Waals surface area contributed by atoms with E-state index >= 15 is 0 Å².